The number of para-hydroxylation sites is 1. The molecule has 0 N–H and O–H groups in total. The molecule has 142 valence electrons. The van der Waals surface area contributed by atoms with Gasteiger partial charge in [-0.2, -0.15) is 0 Å². The molecule has 1 aliphatic rings. The van der Waals surface area contributed by atoms with Crippen LogP contribution in [0.3, 0.4) is 0 Å². The number of anilines is 2. The van der Waals surface area contributed by atoms with E-state index in [9.17, 15) is 14.9 Å². The van der Waals surface area contributed by atoms with Gasteiger partial charge in [-0.3, -0.25) is 19.8 Å². The molecule has 1 heterocycles. The summed E-state index contributed by atoms with van der Waals surface area (Å²) in [6.45, 7) is 6.19. The zero-order chi connectivity index (χ0) is 19.2. The van der Waals surface area contributed by atoms with Crippen LogP contribution in [0.2, 0.25) is 0 Å². The molecule has 27 heavy (non-hydrogen) atoms. The third-order valence-corrected chi connectivity index (χ3v) is 4.84. The second-order valence-electron chi connectivity index (χ2n) is 6.51. The molecule has 7 nitrogen and oxygen atoms in total. The molecule has 1 amide bonds. The number of benzene rings is 2. The second kappa shape index (κ2) is 8.64. The van der Waals surface area contributed by atoms with Crippen molar-refractivity contribution in [3.8, 4) is 0 Å². The van der Waals surface area contributed by atoms with Gasteiger partial charge in [-0.15, -0.1) is 0 Å². The van der Waals surface area contributed by atoms with Crippen LogP contribution in [-0.4, -0.2) is 55.0 Å². The van der Waals surface area contributed by atoms with Crippen molar-refractivity contribution in [1.29, 1.82) is 0 Å². The number of non-ortho nitro benzene ring substituents is 1. The van der Waals surface area contributed by atoms with E-state index < -0.39 is 0 Å². The number of nitro groups is 1. The minimum atomic E-state index is -0.389. The number of hydrogen-bond acceptors (Lipinski definition) is 5. The van der Waals surface area contributed by atoms with Crippen LogP contribution in [0.4, 0.5) is 17.1 Å². The number of nitro benzene ring substituents is 1. The van der Waals surface area contributed by atoms with Crippen molar-refractivity contribution in [3.05, 3.63) is 64.7 Å². The monoisotopic (exact) mass is 368 g/mol. The number of carbonyl (C=O) groups is 1. The Balaban J connectivity index is 1.54. The highest BCUT2D eigenvalue weighted by molar-refractivity contribution is 5.94. The molecule has 7 heteroatoms. The third-order valence-electron chi connectivity index (χ3n) is 4.84. The van der Waals surface area contributed by atoms with Gasteiger partial charge in [0.2, 0.25) is 5.91 Å². The zero-order valence-corrected chi connectivity index (χ0v) is 15.5. The average molecular weight is 368 g/mol. The van der Waals surface area contributed by atoms with Crippen molar-refractivity contribution in [1.82, 2.24) is 4.90 Å². The molecule has 3 rings (SSSR count). The van der Waals surface area contributed by atoms with Gasteiger partial charge in [0.05, 0.1) is 11.5 Å². The SMILES string of the molecule is CCN(C(=O)CN1CCN(c2ccc([N+](=O)[O-])cc2)CC1)c1ccccc1. The highest BCUT2D eigenvalue weighted by Gasteiger charge is 2.22. The van der Waals surface area contributed by atoms with E-state index >= 15 is 0 Å². The molecule has 2 aromatic carbocycles. The third kappa shape index (κ3) is 4.62. The van der Waals surface area contributed by atoms with E-state index in [2.05, 4.69) is 9.80 Å². The van der Waals surface area contributed by atoms with Crippen LogP contribution in [0.25, 0.3) is 0 Å². The predicted octanol–water partition coefficient (Wildman–Crippen LogP) is 2.77. The Morgan fingerprint density at radius 2 is 1.67 bits per heavy atom. The van der Waals surface area contributed by atoms with Gasteiger partial charge in [0, 0.05) is 56.2 Å². The lowest BCUT2D eigenvalue weighted by Gasteiger charge is -2.36. The standard InChI is InChI=1S/C20H24N4O3/c1-2-23(18-6-4-3-5-7-18)20(25)16-21-12-14-22(15-13-21)17-8-10-19(11-9-17)24(26)27/h3-11H,2,12-16H2,1H3. The Labute approximate surface area is 158 Å². The first-order valence-electron chi connectivity index (χ1n) is 9.15. The van der Waals surface area contributed by atoms with Gasteiger partial charge in [0.15, 0.2) is 0 Å². The van der Waals surface area contributed by atoms with Gasteiger partial charge < -0.3 is 9.80 Å². The molecule has 0 bridgehead atoms. The van der Waals surface area contributed by atoms with E-state index in [0.29, 0.717) is 13.1 Å². The maximum Gasteiger partial charge on any atom is 0.269 e. The largest absolute Gasteiger partial charge is 0.369 e. The van der Waals surface area contributed by atoms with E-state index in [-0.39, 0.29) is 16.5 Å². The van der Waals surface area contributed by atoms with Gasteiger partial charge >= 0.3 is 0 Å². The lowest BCUT2D eigenvalue weighted by atomic mass is 10.2. The first kappa shape index (κ1) is 18.8. The summed E-state index contributed by atoms with van der Waals surface area (Å²) in [5.41, 5.74) is 2.00. The normalized spacial score (nSPS) is 14.8. The maximum absolute atomic E-state index is 12.7. The van der Waals surface area contributed by atoms with Crippen molar-refractivity contribution < 1.29 is 9.72 Å². The van der Waals surface area contributed by atoms with Gasteiger partial charge in [0.25, 0.3) is 5.69 Å². The quantitative estimate of drug-likeness (QED) is 0.579. The number of nitrogens with zero attached hydrogens (tertiary/aromatic N) is 4. The van der Waals surface area contributed by atoms with Gasteiger partial charge in [-0.25, -0.2) is 0 Å². The summed E-state index contributed by atoms with van der Waals surface area (Å²) in [4.78, 5) is 29.2. The molecule has 0 spiro atoms. The van der Waals surface area contributed by atoms with E-state index in [0.717, 1.165) is 37.6 Å². The first-order chi connectivity index (χ1) is 13.1. The fourth-order valence-electron chi connectivity index (χ4n) is 3.34. The van der Waals surface area contributed by atoms with Crippen LogP contribution >= 0.6 is 0 Å². The number of carbonyl (C=O) groups excluding carboxylic acids is 1. The highest BCUT2D eigenvalue weighted by Crippen LogP contribution is 2.21. The molecule has 0 aliphatic carbocycles. The highest BCUT2D eigenvalue weighted by atomic mass is 16.6. The van der Waals surface area contributed by atoms with Gasteiger partial charge in [-0.1, -0.05) is 18.2 Å². The fourth-order valence-corrected chi connectivity index (χ4v) is 3.34. The Morgan fingerprint density at radius 1 is 1.04 bits per heavy atom. The second-order valence-corrected chi connectivity index (χ2v) is 6.51. The summed E-state index contributed by atoms with van der Waals surface area (Å²) >= 11 is 0. The molecule has 2 aromatic rings. The maximum atomic E-state index is 12.7. The molecule has 0 atom stereocenters. The molecule has 0 unspecified atom stereocenters. The Kier molecular flexibility index (Phi) is 6.03. The van der Waals surface area contributed by atoms with Crippen molar-refractivity contribution in [3.63, 3.8) is 0 Å². The van der Waals surface area contributed by atoms with E-state index in [1.54, 1.807) is 12.1 Å². The van der Waals surface area contributed by atoms with Crippen molar-refractivity contribution >= 4 is 23.0 Å². The minimum absolute atomic E-state index is 0.101. The zero-order valence-electron chi connectivity index (χ0n) is 15.5. The smallest absolute Gasteiger partial charge is 0.269 e. The molecule has 1 fully saturated rings. The topological polar surface area (TPSA) is 69.9 Å². The molecule has 1 aliphatic heterocycles. The summed E-state index contributed by atoms with van der Waals surface area (Å²) in [5, 5.41) is 10.8. The van der Waals surface area contributed by atoms with Crippen molar-refractivity contribution in [2.45, 2.75) is 6.92 Å². The van der Waals surface area contributed by atoms with E-state index in [4.69, 9.17) is 0 Å². The van der Waals surface area contributed by atoms with Crippen LogP contribution in [0.15, 0.2) is 54.6 Å². The molecule has 0 saturated carbocycles. The number of likely N-dealkylation sites (N-methyl/N-ethyl adjacent to an activating group) is 1. The van der Waals surface area contributed by atoms with Crippen LogP contribution in [0, 0.1) is 10.1 Å². The molecular formula is C20H24N4O3. The fraction of sp³-hybridized carbons (Fsp3) is 0.350. The van der Waals surface area contributed by atoms with Crippen molar-refractivity contribution in [2.75, 3.05) is 49.1 Å². The predicted molar refractivity (Wildman–Crippen MR) is 106 cm³/mol. The summed E-state index contributed by atoms with van der Waals surface area (Å²) in [5.74, 6) is 0.104. The number of piperazine rings is 1. The Morgan fingerprint density at radius 3 is 2.22 bits per heavy atom. The summed E-state index contributed by atoms with van der Waals surface area (Å²) in [6.07, 6.45) is 0. The molecule has 0 radical (unpaired) electrons. The van der Waals surface area contributed by atoms with Crippen LogP contribution in [0.1, 0.15) is 6.92 Å². The molecule has 1 saturated heterocycles. The summed E-state index contributed by atoms with van der Waals surface area (Å²) in [7, 11) is 0. The number of amides is 1. The van der Waals surface area contributed by atoms with Crippen molar-refractivity contribution in [2.24, 2.45) is 0 Å². The molecule has 0 aromatic heterocycles. The average Bonchev–Trinajstić information content (AvgIpc) is 2.70. The summed E-state index contributed by atoms with van der Waals surface area (Å²) < 4.78 is 0. The van der Waals surface area contributed by atoms with Crippen LogP contribution < -0.4 is 9.80 Å². The van der Waals surface area contributed by atoms with Crippen LogP contribution in [-0.2, 0) is 4.79 Å². The Bertz CT molecular complexity index is 772. The first-order valence-corrected chi connectivity index (χ1v) is 9.15. The lowest BCUT2D eigenvalue weighted by molar-refractivity contribution is -0.384. The van der Waals surface area contributed by atoms with E-state index in [1.165, 1.54) is 12.1 Å². The van der Waals surface area contributed by atoms with Gasteiger partial charge in [-0.05, 0) is 31.2 Å². The van der Waals surface area contributed by atoms with Crippen LogP contribution in [0.5, 0.6) is 0 Å². The summed E-state index contributed by atoms with van der Waals surface area (Å²) in [6, 6.07) is 16.4. The number of hydrogen-bond donors (Lipinski definition) is 0. The Hall–Kier alpha value is -2.93. The minimum Gasteiger partial charge on any atom is -0.369 e. The van der Waals surface area contributed by atoms with E-state index in [1.807, 2.05) is 42.2 Å². The lowest BCUT2D eigenvalue weighted by Crippen LogP contribution is -2.50. The number of rotatable bonds is 6. The molecular weight excluding hydrogens is 344 g/mol. The van der Waals surface area contributed by atoms with Gasteiger partial charge in [0.1, 0.15) is 0 Å².